The maximum absolute atomic E-state index is 13.8. The minimum Gasteiger partial charge on any atom is -0.396 e. The van der Waals surface area contributed by atoms with Gasteiger partial charge in [0.15, 0.2) is 0 Å². The summed E-state index contributed by atoms with van der Waals surface area (Å²) < 4.78 is 13.8. The molecule has 1 heterocycles. The van der Waals surface area contributed by atoms with Gasteiger partial charge >= 0.3 is 0 Å². The normalized spacial score (nSPS) is 16.0. The van der Waals surface area contributed by atoms with Crippen LogP contribution < -0.4 is 11.1 Å². The second-order valence-electron chi connectivity index (χ2n) is 10.1. The number of anilines is 1. The van der Waals surface area contributed by atoms with Crippen LogP contribution in [0.5, 0.6) is 0 Å². The largest absolute Gasteiger partial charge is 0.396 e. The lowest BCUT2D eigenvalue weighted by Gasteiger charge is -2.41. The van der Waals surface area contributed by atoms with Gasteiger partial charge in [0.1, 0.15) is 5.82 Å². The third-order valence-corrected chi connectivity index (χ3v) is 5.85. The molecule has 178 valence electrons. The molecule has 0 aliphatic carbocycles. The summed E-state index contributed by atoms with van der Waals surface area (Å²) in [4.78, 5) is 29.6. The fourth-order valence-corrected chi connectivity index (χ4v) is 4.34. The molecule has 1 saturated heterocycles. The Morgan fingerprint density at radius 3 is 2.24 bits per heavy atom. The fraction of sp³-hybridized carbons (Fsp3) is 0.462. The highest BCUT2D eigenvalue weighted by Gasteiger charge is 2.30. The monoisotopic (exact) mass is 454 g/mol. The fourth-order valence-electron chi connectivity index (χ4n) is 4.34. The number of nitrogen functional groups attached to an aromatic ring is 1. The Kier molecular flexibility index (Phi) is 7.42. The molecule has 2 amide bonds. The molecule has 0 bridgehead atoms. The van der Waals surface area contributed by atoms with E-state index in [1.807, 2.05) is 39.0 Å². The predicted octanol–water partition coefficient (Wildman–Crippen LogP) is 4.09. The van der Waals surface area contributed by atoms with E-state index in [0.717, 1.165) is 5.56 Å². The number of amides is 2. The number of hydrogen-bond donors (Lipinski definition) is 2. The van der Waals surface area contributed by atoms with Crippen molar-refractivity contribution >= 4 is 17.5 Å². The van der Waals surface area contributed by atoms with Gasteiger partial charge < -0.3 is 16.0 Å². The standard InChI is InChI=1S/C26H35FN4O2/c1-17(2)23(18-7-6-8-19(15-18)24(32)29-26(3,4)5)30-11-13-31(14-12-30)25(33)20-9-10-22(28)21(27)16-20/h6-10,15-17,23H,11-14,28H2,1-5H3,(H,29,32). The van der Waals surface area contributed by atoms with Crippen LogP contribution in [0.15, 0.2) is 42.5 Å². The zero-order chi connectivity index (χ0) is 24.3. The number of piperazine rings is 1. The van der Waals surface area contributed by atoms with Crippen LogP contribution in [0.25, 0.3) is 0 Å². The van der Waals surface area contributed by atoms with Crippen molar-refractivity contribution < 1.29 is 14.0 Å². The highest BCUT2D eigenvalue weighted by Crippen LogP contribution is 2.30. The Morgan fingerprint density at radius 2 is 1.67 bits per heavy atom. The smallest absolute Gasteiger partial charge is 0.254 e. The second-order valence-corrected chi connectivity index (χ2v) is 10.1. The van der Waals surface area contributed by atoms with E-state index in [0.29, 0.717) is 43.2 Å². The van der Waals surface area contributed by atoms with Gasteiger partial charge in [-0.15, -0.1) is 0 Å². The highest BCUT2D eigenvalue weighted by atomic mass is 19.1. The molecule has 2 aromatic rings. The van der Waals surface area contributed by atoms with Gasteiger partial charge in [-0.05, 0) is 62.6 Å². The molecular formula is C26H35FN4O2. The number of benzene rings is 2. The average Bonchev–Trinajstić information content (AvgIpc) is 2.74. The van der Waals surface area contributed by atoms with E-state index in [-0.39, 0.29) is 29.1 Å². The van der Waals surface area contributed by atoms with Gasteiger partial charge in [0.2, 0.25) is 0 Å². The second kappa shape index (κ2) is 9.91. The summed E-state index contributed by atoms with van der Waals surface area (Å²) in [6.07, 6.45) is 0. The summed E-state index contributed by atoms with van der Waals surface area (Å²) in [6, 6.07) is 12.1. The number of hydrogen-bond acceptors (Lipinski definition) is 4. The molecule has 6 nitrogen and oxygen atoms in total. The first-order chi connectivity index (χ1) is 15.5. The van der Waals surface area contributed by atoms with Crippen LogP contribution in [0.3, 0.4) is 0 Å². The molecule has 3 N–H and O–H groups in total. The molecule has 3 rings (SSSR count). The summed E-state index contributed by atoms with van der Waals surface area (Å²) >= 11 is 0. The number of rotatable bonds is 5. The van der Waals surface area contributed by atoms with E-state index in [9.17, 15) is 14.0 Å². The van der Waals surface area contributed by atoms with Gasteiger partial charge in [0, 0.05) is 48.9 Å². The number of carbonyl (C=O) groups is 2. The lowest BCUT2D eigenvalue weighted by Crippen LogP contribution is -2.50. The van der Waals surface area contributed by atoms with Crippen molar-refractivity contribution in [3.05, 3.63) is 65.0 Å². The van der Waals surface area contributed by atoms with Crippen molar-refractivity contribution in [2.24, 2.45) is 5.92 Å². The molecule has 7 heteroatoms. The van der Waals surface area contributed by atoms with E-state index in [4.69, 9.17) is 5.73 Å². The van der Waals surface area contributed by atoms with E-state index >= 15 is 0 Å². The topological polar surface area (TPSA) is 78.7 Å². The summed E-state index contributed by atoms with van der Waals surface area (Å²) in [7, 11) is 0. The Balaban J connectivity index is 1.72. The van der Waals surface area contributed by atoms with Crippen LogP contribution in [-0.2, 0) is 0 Å². The first kappa shape index (κ1) is 24.7. The lowest BCUT2D eigenvalue weighted by atomic mass is 9.92. The Labute approximate surface area is 195 Å². The molecule has 1 aliphatic rings. The zero-order valence-corrected chi connectivity index (χ0v) is 20.2. The molecule has 0 spiro atoms. The van der Waals surface area contributed by atoms with Crippen molar-refractivity contribution in [2.75, 3.05) is 31.9 Å². The third kappa shape index (κ3) is 6.11. The molecule has 1 atom stereocenters. The van der Waals surface area contributed by atoms with Gasteiger partial charge in [-0.25, -0.2) is 4.39 Å². The van der Waals surface area contributed by atoms with Gasteiger partial charge in [-0.2, -0.15) is 0 Å². The van der Waals surface area contributed by atoms with Crippen LogP contribution in [-0.4, -0.2) is 53.3 Å². The van der Waals surface area contributed by atoms with Gasteiger partial charge in [-0.1, -0.05) is 26.0 Å². The minimum atomic E-state index is -0.574. The first-order valence-corrected chi connectivity index (χ1v) is 11.5. The number of nitrogens with two attached hydrogens (primary N) is 1. The third-order valence-electron chi connectivity index (χ3n) is 5.85. The number of nitrogens with zero attached hydrogens (tertiary/aromatic N) is 2. The van der Waals surface area contributed by atoms with E-state index in [1.165, 1.54) is 12.1 Å². The quantitative estimate of drug-likeness (QED) is 0.667. The Morgan fingerprint density at radius 1 is 1.00 bits per heavy atom. The molecule has 0 aromatic heterocycles. The molecule has 0 radical (unpaired) electrons. The van der Waals surface area contributed by atoms with Crippen molar-refractivity contribution in [1.29, 1.82) is 0 Å². The summed E-state index contributed by atoms with van der Waals surface area (Å²) in [5.74, 6) is -0.525. The van der Waals surface area contributed by atoms with E-state index in [2.05, 4.69) is 30.1 Å². The Bertz CT molecular complexity index is 1010. The Hall–Kier alpha value is -2.93. The van der Waals surface area contributed by atoms with Gasteiger partial charge in [-0.3, -0.25) is 14.5 Å². The zero-order valence-electron chi connectivity index (χ0n) is 20.2. The summed E-state index contributed by atoms with van der Waals surface area (Å²) in [6.45, 7) is 12.7. The van der Waals surface area contributed by atoms with Crippen LogP contribution in [0.2, 0.25) is 0 Å². The summed E-state index contributed by atoms with van der Waals surface area (Å²) in [5, 5.41) is 3.02. The van der Waals surface area contributed by atoms with E-state index in [1.54, 1.807) is 11.0 Å². The number of halogens is 1. The molecule has 33 heavy (non-hydrogen) atoms. The van der Waals surface area contributed by atoms with Crippen LogP contribution in [0.4, 0.5) is 10.1 Å². The van der Waals surface area contributed by atoms with Crippen LogP contribution in [0.1, 0.15) is 66.9 Å². The van der Waals surface area contributed by atoms with Crippen LogP contribution >= 0.6 is 0 Å². The molecular weight excluding hydrogens is 419 g/mol. The molecule has 1 aliphatic heterocycles. The van der Waals surface area contributed by atoms with Crippen LogP contribution in [0, 0.1) is 11.7 Å². The number of carbonyl (C=O) groups excluding carboxylic acids is 2. The molecule has 1 fully saturated rings. The molecule has 1 unspecified atom stereocenters. The average molecular weight is 455 g/mol. The SMILES string of the molecule is CC(C)C(c1cccc(C(=O)NC(C)(C)C)c1)N1CCN(C(=O)c2ccc(N)c(F)c2)CC1. The summed E-state index contributed by atoms with van der Waals surface area (Å²) in [5.41, 5.74) is 7.31. The lowest BCUT2D eigenvalue weighted by molar-refractivity contribution is 0.0510. The predicted molar refractivity (Wildman–Crippen MR) is 130 cm³/mol. The van der Waals surface area contributed by atoms with Gasteiger partial charge in [0.25, 0.3) is 11.8 Å². The van der Waals surface area contributed by atoms with Crippen molar-refractivity contribution in [3.63, 3.8) is 0 Å². The molecule has 2 aromatic carbocycles. The number of nitrogens with one attached hydrogen (secondary N) is 1. The minimum absolute atomic E-state index is 0.0366. The van der Waals surface area contributed by atoms with Crippen molar-refractivity contribution in [3.8, 4) is 0 Å². The van der Waals surface area contributed by atoms with Gasteiger partial charge in [0.05, 0.1) is 5.69 Å². The molecule has 0 saturated carbocycles. The highest BCUT2D eigenvalue weighted by molar-refractivity contribution is 5.95. The van der Waals surface area contributed by atoms with Crippen molar-refractivity contribution in [2.45, 2.75) is 46.2 Å². The van der Waals surface area contributed by atoms with Crippen molar-refractivity contribution in [1.82, 2.24) is 15.1 Å². The maximum Gasteiger partial charge on any atom is 0.254 e. The van der Waals surface area contributed by atoms with E-state index < -0.39 is 5.82 Å². The maximum atomic E-state index is 13.8. The first-order valence-electron chi connectivity index (χ1n) is 11.5.